The molecular weight excluding hydrogens is 336 g/mol. The average Bonchev–Trinajstić information content (AvgIpc) is 3.18. The van der Waals surface area contributed by atoms with E-state index in [9.17, 15) is 19.5 Å². The van der Waals surface area contributed by atoms with Crippen LogP contribution in [0.25, 0.3) is 0 Å². The maximum Gasteiger partial charge on any atom is 0.313 e. The summed E-state index contributed by atoms with van der Waals surface area (Å²) in [5.41, 5.74) is 0.906. The molecule has 0 amide bonds. The molecule has 0 aromatic rings. The Morgan fingerprint density at radius 3 is 2.23 bits per heavy atom. The van der Waals surface area contributed by atoms with E-state index in [0.717, 1.165) is 24.8 Å². The van der Waals surface area contributed by atoms with Gasteiger partial charge in [0, 0.05) is 6.42 Å². The van der Waals surface area contributed by atoms with E-state index in [1.165, 1.54) is 0 Å². The van der Waals surface area contributed by atoms with Gasteiger partial charge in [0.25, 0.3) is 0 Å². The highest BCUT2D eigenvalue weighted by Gasteiger charge is 2.37. The number of allylic oxidation sites excluding steroid dienone is 1. The molecule has 0 aromatic carbocycles. The Labute approximate surface area is 155 Å². The summed E-state index contributed by atoms with van der Waals surface area (Å²) in [5.74, 6) is -0.422. The molecule has 0 radical (unpaired) electrons. The molecule has 0 aromatic heterocycles. The van der Waals surface area contributed by atoms with Crippen molar-refractivity contribution in [1.29, 1.82) is 0 Å². The number of carbonyl (C=O) groups is 3. The molecule has 1 N–H and O–H groups in total. The zero-order chi connectivity index (χ0) is 19.7. The van der Waals surface area contributed by atoms with E-state index in [2.05, 4.69) is 6.92 Å². The van der Waals surface area contributed by atoms with E-state index in [1.54, 1.807) is 13.0 Å². The average molecular weight is 368 g/mol. The highest BCUT2D eigenvalue weighted by molar-refractivity contribution is 5.98. The minimum Gasteiger partial charge on any atom is -0.466 e. The highest BCUT2D eigenvalue weighted by atomic mass is 16.5. The predicted molar refractivity (Wildman–Crippen MR) is 97.3 cm³/mol. The van der Waals surface area contributed by atoms with E-state index in [0.29, 0.717) is 32.0 Å². The van der Waals surface area contributed by atoms with Gasteiger partial charge < -0.3 is 14.6 Å². The Morgan fingerprint density at radius 1 is 1.08 bits per heavy atom. The molecule has 1 saturated carbocycles. The van der Waals surface area contributed by atoms with Crippen molar-refractivity contribution in [2.45, 2.75) is 65.9 Å². The number of aliphatic hydroxyl groups excluding tert-OH is 1. The number of aliphatic hydroxyl groups is 1. The van der Waals surface area contributed by atoms with Crippen molar-refractivity contribution in [2.75, 3.05) is 13.2 Å². The quantitative estimate of drug-likeness (QED) is 0.725. The summed E-state index contributed by atoms with van der Waals surface area (Å²) in [6.07, 6.45) is 4.58. The number of esters is 2. The maximum absolute atomic E-state index is 11.4. The lowest BCUT2D eigenvalue weighted by Gasteiger charge is -2.15. The molecule has 1 unspecified atom stereocenters. The molecule has 2 aliphatic rings. The van der Waals surface area contributed by atoms with Gasteiger partial charge in [0.15, 0.2) is 5.78 Å². The van der Waals surface area contributed by atoms with Gasteiger partial charge in [0.05, 0.1) is 31.2 Å². The molecule has 0 spiro atoms. The normalized spacial score (nSPS) is 27.4. The molecule has 6 nitrogen and oxygen atoms in total. The van der Waals surface area contributed by atoms with Crippen LogP contribution < -0.4 is 0 Å². The fourth-order valence-electron chi connectivity index (χ4n) is 3.61. The lowest BCUT2D eigenvalue weighted by Crippen LogP contribution is -2.21. The van der Waals surface area contributed by atoms with E-state index < -0.39 is 0 Å². The second-order valence-electron chi connectivity index (χ2n) is 6.70. The topological polar surface area (TPSA) is 89.9 Å². The minimum absolute atomic E-state index is 0.0369. The second-order valence-corrected chi connectivity index (χ2v) is 6.70. The summed E-state index contributed by atoms with van der Waals surface area (Å²) in [6, 6.07) is 0. The molecule has 0 saturated heterocycles. The number of ether oxygens (including phenoxy) is 2. The lowest BCUT2D eigenvalue weighted by molar-refractivity contribution is -0.149. The van der Waals surface area contributed by atoms with Crippen molar-refractivity contribution >= 4 is 17.7 Å². The van der Waals surface area contributed by atoms with E-state index in [-0.39, 0.29) is 35.7 Å². The summed E-state index contributed by atoms with van der Waals surface area (Å²) in [6.45, 7) is 8.38. The lowest BCUT2D eigenvalue weighted by atomic mass is 9.94. The van der Waals surface area contributed by atoms with Gasteiger partial charge in [-0.2, -0.15) is 0 Å². The summed E-state index contributed by atoms with van der Waals surface area (Å²) in [5, 5.41) is 9.41. The summed E-state index contributed by atoms with van der Waals surface area (Å²) >= 11 is 0. The Morgan fingerprint density at radius 2 is 1.69 bits per heavy atom. The van der Waals surface area contributed by atoms with Crippen LogP contribution in [0.2, 0.25) is 0 Å². The fraction of sp³-hybridized carbons (Fsp3) is 0.750. The smallest absolute Gasteiger partial charge is 0.313 e. The van der Waals surface area contributed by atoms with Crippen LogP contribution in [0.4, 0.5) is 0 Å². The molecule has 6 heteroatoms. The van der Waals surface area contributed by atoms with Gasteiger partial charge in [0.1, 0.15) is 0 Å². The summed E-state index contributed by atoms with van der Waals surface area (Å²) in [7, 11) is 0. The van der Waals surface area contributed by atoms with Crippen LogP contribution in [-0.2, 0) is 23.9 Å². The Kier molecular flexibility index (Phi) is 9.55. The third-order valence-corrected chi connectivity index (χ3v) is 4.96. The number of ketones is 1. The largest absolute Gasteiger partial charge is 0.466 e. The second kappa shape index (κ2) is 11.1. The molecule has 148 valence electrons. The van der Waals surface area contributed by atoms with Crippen molar-refractivity contribution in [1.82, 2.24) is 0 Å². The number of hydrogen-bond acceptors (Lipinski definition) is 6. The summed E-state index contributed by atoms with van der Waals surface area (Å²) < 4.78 is 9.83. The number of hydrogen-bond donors (Lipinski definition) is 1. The SMILES string of the molecule is CCOC(=O)C1CC(=O)C=C1CC.CCOC(=O)[C@H]1C[C@@H](O)C[C@H]1CC. The molecule has 2 aliphatic carbocycles. The number of carbonyl (C=O) groups excluding carboxylic acids is 3. The van der Waals surface area contributed by atoms with Crippen LogP contribution in [0.1, 0.15) is 59.8 Å². The zero-order valence-electron chi connectivity index (χ0n) is 16.3. The van der Waals surface area contributed by atoms with Crippen LogP contribution in [-0.4, -0.2) is 42.1 Å². The van der Waals surface area contributed by atoms with Crippen molar-refractivity contribution in [3.63, 3.8) is 0 Å². The van der Waals surface area contributed by atoms with Gasteiger partial charge in [-0.25, -0.2) is 0 Å². The first-order valence-corrected chi connectivity index (χ1v) is 9.62. The Bertz CT molecular complexity index is 524. The third kappa shape index (κ3) is 6.24. The van der Waals surface area contributed by atoms with E-state index in [4.69, 9.17) is 9.47 Å². The van der Waals surface area contributed by atoms with Gasteiger partial charge in [-0.15, -0.1) is 0 Å². The maximum atomic E-state index is 11.4. The minimum atomic E-state index is -0.308. The van der Waals surface area contributed by atoms with Crippen molar-refractivity contribution in [2.24, 2.45) is 17.8 Å². The first-order chi connectivity index (χ1) is 12.4. The van der Waals surface area contributed by atoms with E-state index in [1.807, 2.05) is 13.8 Å². The van der Waals surface area contributed by atoms with Crippen LogP contribution in [0, 0.1) is 17.8 Å². The molecular formula is C20H32O6. The molecule has 26 heavy (non-hydrogen) atoms. The van der Waals surface area contributed by atoms with Gasteiger partial charge >= 0.3 is 11.9 Å². The summed E-state index contributed by atoms with van der Waals surface area (Å²) in [4.78, 5) is 33.8. The standard InChI is InChI=1S/C10H18O3.C10H14O3/c2*1-3-7-5-8(11)6-9(7)10(12)13-4-2/h7-9,11H,3-6H2,1-2H3;5,9H,3-4,6H2,1-2H3/t7-,8+,9+;/m1./s1. The van der Waals surface area contributed by atoms with Gasteiger partial charge in [-0.3, -0.25) is 14.4 Å². The Hall–Kier alpha value is -1.69. The van der Waals surface area contributed by atoms with Crippen LogP contribution in [0.15, 0.2) is 11.6 Å². The van der Waals surface area contributed by atoms with Crippen LogP contribution >= 0.6 is 0 Å². The Balaban J connectivity index is 0.000000260. The molecule has 0 bridgehead atoms. The molecule has 1 fully saturated rings. The van der Waals surface area contributed by atoms with Crippen molar-refractivity contribution < 1.29 is 29.0 Å². The van der Waals surface area contributed by atoms with Crippen LogP contribution in [0.3, 0.4) is 0 Å². The molecule has 0 heterocycles. The van der Waals surface area contributed by atoms with Crippen LogP contribution in [0.5, 0.6) is 0 Å². The monoisotopic (exact) mass is 368 g/mol. The van der Waals surface area contributed by atoms with Gasteiger partial charge in [-0.05, 0) is 45.1 Å². The van der Waals surface area contributed by atoms with Gasteiger partial charge in [0.2, 0.25) is 0 Å². The van der Waals surface area contributed by atoms with Gasteiger partial charge in [-0.1, -0.05) is 25.8 Å². The first kappa shape index (κ1) is 22.4. The molecule has 2 rings (SSSR count). The molecule has 0 aliphatic heterocycles. The highest BCUT2D eigenvalue weighted by Crippen LogP contribution is 2.35. The fourth-order valence-corrected chi connectivity index (χ4v) is 3.61. The van der Waals surface area contributed by atoms with E-state index >= 15 is 0 Å². The zero-order valence-corrected chi connectivity index (χ0v) is 16.3. The third-order valence-electron chi connectivity index (χ3n) is 4.96. The predicted octanol–water partition coefficient (Wildman–Crippen LogP) is 2.82. The van der Waals surface area contributed by atoms with Crippen molar-refractivity contribution in [3.8, 4) is 0 Å². The van der Waals surface area contributed by atoms with Crippen molar-refractivity contribution in [3.05, 3.63) is 11.6 Å². The first-order valence-electron chi connectivity index (χ1n) is 9.62. The number of rotatable bonds is 6. The molecule has 4 atom stereocenters.